The second-order valence-electron chi connectivity index (χ2n) is 3.63. The average molecular weight is 205 g/mol. The SMILES string of the molecule is CCO/N=C(\CC)c1ccc(C)cc1C. The molecule has 0 N–H and O–H groups in total. The maximum Gasteiger partial charge on any atom is 0.114 e. The van der Waals surface area contributed by atoms with Gasteiger partial charge in [-0.1, -0.05) is 35.8 Å². The van der Waals surface area contributed by atoms with E-state index >= 15 is 0 Å². The van der Waals surface area contributed by atoms with E-state index in [1.54, 1.807) is 0 Å². The predicted molar refractivity (Wildman–Crippen MR) is 64.4 cm³/mol. The Hall–Kier alpha value is -1.31. The lowest BCUT2D eigenvalue weighted by Crippen LogP contribution is -2.03. The van der Waals surface area contributed by atoms with Crippen LogP contribution in [0.25, 0.3) is 0 Å². The lowest BCUT2D eigenvalue weighted by Gasteiger charge is -2.08. The summed E-state index contributed by atoms with van der Waals surface area (Å²) in [6.07, 6.45) is 0.893. The van der Waals surface area contributed by atoms with Gasteiger partial charge >= 0.3 is 0 Å². The molecule has 2 nitrogen and oxygen atoms in total. The zero-order chi connectivity index (χ0) is 11.3. The first-order chi connectivity index (χ1) is 7.19. The van der Waals surface area contributed by atoms with E-state index < -0.39 is 0 Å². The fourth-order valence-corrected chi connectivity index (χ4v) is 1.58. The lowest BCUT2D eigenvalue weighted by atomic mass is 10.0. The highest BCUT2D eigenvalue weighted by Gasteiger charge is 2.05. The molecule has 0 radical (unpaired) electrons. The third kappa shape index (κ3) is 3.08. The minimum absolute atomic E-state index is 0.619. The molecular formula is C13H19NO. The Kier molecular flexibility index (Phi) is 4.35. The molecule has 0 bridgehead atoms. The van der Waals surface area contributed by atoms with Crippen LogP contribution in [0.2, 0.25) is 0 Å². The molecule has 0 fully saturated rings. The highest BCUT2D eigenvalue weighted by molar-refractivity contribution is 6.01. The topological polar surface area (TPSA) is 21.6 Å². The third-order valence-corrected chi connectivity index (χ3v) is 2.33. The molecule has 1 rings (SSSR count). The van der Waals surface area contributed by atoms with Crippen LogP contribution < -0.4 is 0 Å². The molecule has 0 unspecified atom stereocenters. The molecule has 82 valence electrons. The van der Waals surface area contributed by atoms with Gasteiger partial charge in [0, 0.05) is 5.56 Å². The fraction of sp³-hybridized carbons (Fsp3) is 0.462. The molecule has 0 heterocycles. The third-order valence-electron chi connectivity index (χ3n) is 2.33. The molecular weight excluding hydrogens is 186 g/mol. The largest absolute Gasteiger partial charge is 0.396 e. The van der Waals surface area contributed by atoms with Crippen LogP contribution in [-0.2, 0) is 4.84 Å². The van der Waals surface area contributed by atoms with Crippen LogP contribution >= 0.6 is 0 Å². The summed E-state index contributed by atoms with van der Waals surface area (Å²) >= 11 is 0. The summed E-state index contributed by atoms with van der Waals surface area (Å²) in [4.78, 5) is 5.11. The average Bonchev–Trinajstić information content (AvgIpc) is 2.21. The number of benzene rings is 1. The summed E-state index contributed by atoms with van der Waals surface area (Å²) in [5.41, 5.74) is 4.75. The molecule has 0 atom stereocenters. The van der Waals surface area contributed by atoms with Crippen LogP contribution in [0.15, 0.2) is 23.4 Å². The van der Waals surface area contributed by atoms with E-state index in [0.717, 1.165) is 12.1 Å². The van der Waals surface area contributed by atoms with Gasteiger partial charge in [-0.25, -0.2) is 0 Å². The van der Waals surface area contributed by atoms with E-state index in [2.05, 4.69) is 44.1 Å². The maximum atomic E-state index is 5.11. The van der Waals surface area contributed by atoms with E-state index in [0.29, 0.717) is 6.61 Å². The van der Waals surface area contributed by atoms with Gasteiger partial charge in [0.05, 0.1) is 5.71 Å². The number of hydrogen-bond donors (Lipinski definition) is 0. The predicted octanol–water partition coefficient (Wildman–Crippen LogP) is 3.45. The molecule has 2 heteroatoms. The summed E-state index contributed by atoms with van der Waals surface area (Å²) in [7, 11) is 0. The molecule has 0 aliphatic carbocycles. The molecule has 1 aromatic rings. The van der Waals surface area contributed by atoms with Crippen molar-refractivity contribution in [3.05, 3.63) is 34.9 Å². The minimum atomic E-state index is 0.619. The first-order valence-corrected chi connectivity index (χ1v) is 5.45. The molecule has 0 aliphatic rings. The number of rotatable bonds is 4. The summed E-state index contributed by atoms with van der Waals surface area (Å²) in [6, 6.07) is 6.40. The Labute approximate surface area is 91.9 Å². The van der Waals surface area contributed by atoms with E-state index in [1.807, 2.05) is 6.92 Å². The van der Waals surface area contributed by atoms with E-state index in [-0.39, 0.29) is 0 Å². The van der Waals surface area contributed by atoms with Gasteiger partial charge in [-0.15, -0.1) is 0 Å². The number of nitrogens with zero attached hydrogens (tertiary/aromatic N) is 1. The van der Waals surface area contributed by atoms with Crippen LogP contribution in [0.5, 0.6) is 0 Å². The number of hydrogen-bond acceptors (Lipinski definition) is 2. The Morgan fingerprint density at radius 2 is 2.00 bits per heavy atom. The lowest BCUT2D eigenvalue weighted by molar-refractivity contribution is 0.158. The zero-order valence-corrected chi connectivity index (χ0v) is 10.0. The Balaban J connectivity index is 3.02. The standard InChI is InChI=1S/C13H19NO/c1-5-13(14-15-6-2)12-8-7-10(3)9-11(12)4/h7-9H,5-6H2,1-4H3/b14-13+. The maximum absolute atomic E-state index is 5.11. The normalized spacial score (nSPS) is 11.6. The quantitative estimate of drug-likeness (QED) is 0.545. The highest BCUT2D eigenvalue weighted by atomic mass is 16.6. The van der Waals surface area contributed by atoms with Gasteiger partial charge in [0.2, 0.25) is 0 Å². The van der Waals surface area contributed by atoms with E-state index in [4.69, 9.17) is 4.84 Å². The van der Waals surface area contributed by atoms with Crippen LogP contribution in [0.1, 0.15) is 37.0 Å². The van der Waals surface area contributed by atoms with Gasteiger partial charge in [-0.2, -0.15) is 0 Å². The Morgan fingerprint density at radius 1 is 1.27 bits per heavy atom. The summed E-state index contributed by atoms with van der Waals surface area (Å²) < 4.78 is 0. The van der Waals surface area contributed by atoms with Crippen molar-refractivity contribution in [2.75, 3.05) is 6.61 Å². The van der Waals surface area contributed by atoms with Crippen LogP contribution in [0.3, 0.4) is 0 Å². The van der Waals surface area contributed by atoms with Crippen molar-refractivity contribution in [2.45, 2.75) is 34.1 Å². The van der Waals surface area contributed by atoms with Crippen molar-refractivity contribution < 1.29 is 4.84 Å². The second-order valence-corrected chi connectivity index (χ2v) is 3.63. The minimum Gasteiger partial charge on any atom is -0.396 e. The van der Waals surface area contributed by atoms with Gasteiger partial charge < -0.3 is 4.84 Å². The first-order valence-electron chi connectivity index (χ1n) is 5.45. The van der Waals surface area contributed by atoms with E-state index in [9.17, 15) is 0 Å². The second kappa shape index (κ2) is 5.54. The van der Waals surface area contributed by atoms with Crippen molar-refractivity contribution in [1.29, 1.82) is 0 Å². The molecule has 0 saturated heterocycles. The summed E-state index contributed by atoms with van der Waals surface area (Å²) in [5, 5.41) is 4.14. The summed E-state index contributed by atoms with van der Waals surface area (Å²) in [5.74, 6) is 0. The van der Waals surface area contributed by atoms with Crippen molar-refractivity contribution in [3.63, 3.8) is 0 Å². The first kappa shape index (κ1) is 11.8. The van der Waals surface area contributed by atoms with Crippen molar-refractivity contribution >= 4 is 5.71 Å². The smallest absolute Gasteiger partial charge is 0.114 e. The Morgan fingerprint density at radius 3 is 2.53 bits per heavy atom. The Bertz CT molecular complexity index is 356. The van der Waals surface area contributed by atoms with Gasteiger partial charge in [0.1, 0.15) is 6.61 Å². The van der Waals surface area contributed by atoms with Crippen molar-refractivity contribution in [2.24, 2.45) is 5.16 Å². The molecule has 15 heavy (non-hydrogen) atoms. The van der Waals surface area contributed by atoms with Gasteiger partial charge in [0.25, 0.3) is 0 Å². The van der Waals surface area contributed by atoms with E-state index in [1.165, 1.54) is 16.7 Å². The molecule has 0 spiro atoms. The highest BCUT2D eigenvalue weighted by Crippen LogP contribution is 2.13. The number of oxime groups is 1. The molecule has 0 amide bonds. The number of aryl methyl sites for hydroxylation is 2. The van der Waals surface area contributed by atoms with Gasteiger partial charge in [0.15, 0.2) is 0 Å². The van der Waals surface area contributed by atoms with Crippen LogP contribution in [-0.4, -0.2) is 12.3 Å². The monoisotopic (exact) mass is 205 g/mol. The van der Waals surface area contributed by atoms with Crippen LogP contribution in [0.4, 0.5) is 0 Å². The van der Waals surface area contributed by atoms with Crippen LogP contribution in [0, 0.1) is 13.8 Å². The molecule has 0 aliphatic heterocycles. The van der Waals surface area contributed by atoms with Gasteiger partial charge in [-0.05, 0) is 32.8 Å². The van der Waals surface area contributed by atoms with Crippen molar-refractivity contribution in [1.82, 2.24) is 0 Å². The zero-order valence-electron chi connectivity index (χ0n) is 10.0. The molecule has 0 aromatic heterocycles. The molecule has 1 aromatic carbocycles. The fourth-order valence-electron chi connectivity index (χ4n) is 1.58. The molecule has 0 saturated carbocycles. The van der Waals surface area contributed by atoms with Gasteiger partial charge in [-0.3, -0.25) is 0 Å². The summed E-state index contributed by atoms with van der Waals surface area (Å²) in [6.45, 7) is 8.87. The van der Waals surface area contributed by atoms with Crippen molar-refractivity contribution in [3.8, 4) is 0 Å².